The van der Waals surface area contributed by atoms with Gasteiger partial charge in [0.1, 0.15) is 0 Å². The summed E-state index contributed by atoms with van der Waals surface area (Å²) in [6, 6.07) is 7.33. The van der Waals surface area contributed by atoms with Crippen LogP contribution in [0.25, 0.3) is 0 Å². The molecule has 2 N–H and O–H groups in total. The first kappa shape index (κ1) is 13.5. The Morgan fingerprint density at radius 2 is 1.94 bits per heavy atom. The van der Waals surface area contributed by atoms with Crippen molar-refractivity contribution < 1.29 is 4.74 Å². The highest BCUT2D eigenvalue weighted by molar-refractivity contribution is 5.32. The second kappa shape index (κ2) is 5.83. The quantitative estimate of drug-likeness (QED) is 0.886. The maximum atomic E-state index is 6.29. The van der Waals surface area contributed by atoms with Gasteiger partial charge in [0.25, 0.3) is 0 Å². The lowest BCUT2D eigenvalue weighted by Gasteiger charge is -2.27. The third-order valence-electron chi connectivity index (χ3n) is 3.72. The number of nitrogens with zero attached hydrogens (tertiary/aromatic N) is 1. The van der Waals surface area contributed by atoms with Crippen LogP contribution in [0, 0.1) is 13.8 Å². The molecule has 2 atom stereocenters. The molecule has 3 nitrogen and oxygen atoms in total. The molecule has 100 valence electrons. The van der Waals surface area contributed by atoms with Crippen molar-refractivity contribution in [3.8, 4) is 0 Å². The minimum absolute atomic E-state index is 0.239. The molecule has 0 saturated carbocycles. The Kier molecular flexibility index (Phi) is 4.38. The molecule has 0 bridgehead atoms. The summed E-state index contributed by atoms with van der Waals surface area (Å²) in [5, 5.41) is 0. The predicted molar refractivity (Wildman–Crippen MR) is 74.7 cm³/mol. The third kappa shape index (κ3) is 2.91. The molecule has 0 aromatic heterocycles. The normalized spacial score (nSPS) is 24.7. The molecule has 1 aliphatic rings. The lowest BCUT2D eigenvalue weighted by atomic mass is 9.97. The zero-order chi connectivity index (χ0) is 13.1. The topological polar surface area (TPSA) is 38.5 Å². The zero-order valence-electron chi connectivity index (χ0n) is 11.6. The number of hydrogen-bond donors (Lipinski definition) is 1. The van der Waals surface area contributed by atoms with E-state index in [0.717, 1.165) is 26.1 Å². The van der Waals surface area contributed by atoms with Crippen LogP contribution in [0.4, 0.5) is 0 Å². The smallest absolute Gasteiger partial charge is 0.0589 e. The Bertz CT molecular complexity index is 385. The van der Waals surface area contributed by atoms with Gasteiger partial charge in [0, 0.05) is 26.2 Å². The Morgan fingerprint density at radius 3 is 2.56 bits per heavy atom. The lowest BCUT2D eigenvalue weighted by Crippen LogP contribution is -2.33. The predicted octanol–water partition coefficient (Wildman–Crippen LogP) is 2.02. The van der Waals surface area contributed by atoms with Gasteiger partial charge in [0.05, 0.1) is 12.6 Å². The van der Waals surface area contributed by atoms with E-state index in [1.807, 2.05) is 0 Å². The summed E-state index contributed by atoms with van der Waals surface area (Å²) >= 11 is 0. The van der Waals surface area contributed by atoms with Gasteiger partial charge in [-0.3, -0.25) is 4.90 Å². The molecular weight excluding hydrogens is 224 g/mol. The molecule has 0 amide bonds. The third-order valence-corrected chi connectivity index (χ3v) is 3.72. The molecule has 1 aliphatic heterocycles. The van der Waals surface area contributed by atoms with Gasteiger partial charge in [-0.1, -0.05) is 29.3 Å². The van der Waals surface area contributed by atoms with E-state index in [-0.39, 0.29) is 6.04 Å². The van der Waals surface area contributed by atoms with Crippen LogP contribution in [0.15, 0.2) is 18.2 Å². The number of nitrogens with two attached hydrogens (primary N) is 1. The van der Waals surface area contributed by atoms with E-state index in [1.165, 1.54) is 16.7 Å². The highest BCUT2D eigenvalue weighted by Gasteiger charge is 2.32. The molecule has 1 aromatic rings. The summed E-state index contributed by atoms with van der Waals surface area (Å²) in [6.45, 7) is 7.10. The summed E-state index contributed by atoms with van der Waals surface area (Å²) < 4.78 is 5.19. The standard InChI is InChI=1S/C15H24N2O/c1-11-8-12(2)10-13(9-11)15-14(16)4-5-17(15)6-7-18-3/h8-10,14-15H,4-7,16H2,1-3H3. The van der Waals surface area contributed by atoms with Crippen molar-refractivity contribution in [1.29, 1.82) is 0 Å². The molecule has 1 saturated heterocycles. The largest absolute Gasteiger partial charge is 0.383 e. The van der Waals surface area contributed by atoms with E-state index in [9.17, 15) is 0 Å². The van der Waals surface area contributed by atoms with Gasteiger partial charge in [-0.05, 0) is 25.8 Å². The number of likely N-dealkylation sites (tertiary alicyclic amines) is 1. The summed E-state index contributed by atoms with van der Waals surface area (Å²) in [4.78, 5) is 2.45. The Hall–Kier alpha value is -0.900. The van der Waals surface area contributed by atoms with E-state index in [0.29, 0.717) is 6.04 Å². The number of hydrogen-bond acceptors (Lipinski definition) is 3. The first-order valence-electron chi connectivity index (χ1n) is 6.68. The molecule has 0 radical (unpaired) electrons. The first-order valence-corrected chi connectivity index (χ1v) is 6.68. The fourth-order valence-corrected chi connectivity index (χ4v) is 2.98. The van der Waals surface area contributed by atoms with Gasteiger partial charge < -0.3 is 10.5 Å². The van der Waals surface area contributed by atoms with Gasteiger partial charge in [-0.2, -0.15) is 0 Å². The van der Waals surface area contributed by atoms with E-state index in [1.54, 1.807) is 7.11 Å². The molecule has 0 aliphatic carbocycles. The summed E-state index contributed by atoms with van der Waals surface area (Å²) in [5.74, 6) is 0. The van der Waals surface area contributed by atoms with Crippen molar-refractivity contribution in [3.05, 3.63) is 34.9 Å². The minimum Gasteiger partial charge on any atom is -0.383 e. The van der Waals surface area contributed by atoms with Crippen LogP contribution in [-0.4, -0.2) is 37.7 Å². The summed E-state index contributed by atoms with van der Waals surface area (Å²) in [5.41, 5.74) is 10.3. The number of ether oxygens (including phenoxy) is 1. The lowest BCUT2D eigenvalue weighted by molar-refractivity contribution is 0.139. The fraction of sp³-hybridized carbons (Fsp3) is 0.600. The maximum absolute atomic E-state index is 6.29. The van der Waals surface area contributed by atoms with Crippen LogP contribution in [0.2, 0.25) is 0 Å². The number of rotatable bonds is 4. The Balaban J connectivity index is 2.22. The number of methoxy groups -OCH3 is 1. The van der Waals surface area contributed by atoms with Gasteiger partial charge >= 0.3 is 0 Å². The van der Waals surface area contributed by atoms with Crippen molar-refractivity contribution in [1.82, 2.24) is 4.90 Å². The van der Waals surface area contributed by atoms with Gasteiger partial charge in [-0.25, -0.2) is 0 Å². The minimum atomic E-state index is 0.239. The summed E-state index contributed by atoms with van der Waals surface area (Å²) in [6.07, 6.45) is 1.07. The van der Waals surface area contributed by atoms with E-state index in [4.69, 9.17) is 10.5 Å². The van der Waals surface area contributed by atoms with Crippen LogP contribution >= 0.6 is 0 Å². The van der Waals surface area contributed by atoms with E-state index < -0.39 is 0 Å². The molecule has 0 spiro atoms. The second-order valence-electron chi connectivity index (χ2n) is 5.35. The van der Waals surface area contributed by atoms with Gasteiger partial charge in [0.2, 0.25) is 0 Å². The van der Waals surface area contributed by atoms with Crippen LogP contribution in [0.3, 0.4) is 0 Å². The maximum Gasteiger partial charge on any atom is 0.0589 e. The molecule has 2 rings (SSSR count). The van der Waals surface area contributed by atoms with Crippen LogP contribution in [0.1, 0.15) is 29.2 Å². The molecule has 3 heteroatoms. The molecule has 18 heavy (non-hydrogen) atoms. The molecular formula is C15H24N2O. The number of benzene rings is 1. The van der Waals surface area contributed by atoms with Crippen molar-refractivity contribution in [3.63, 3.8) is 0 Å². The molecule has 1 aromatic carbocycles. The average Bonchev–Trinajstić information content (AvgIpc) is 2.66. The van der Waals surface area contributed by atoms with Gasteiger partial charge in [-0.15, -0.1) is 0 Å². The average molecular weight is 248 g/mol. The molecule has 1 heterocycles. The highest BCUT2D eigenvalue weighted by atomic mass is 16.5. The highest BCUT2D eigenvalue weighted by Crippen LogP contribution is 2.31. The van der Waals surface area contributed by atoms with Crippen LogP contribution in [-0.2, 0) is 4.74 Å². The van der Waals surface area contributed by atoms with Gasteiger partial charge in [0.15, 0.2) is 0 Å². The number of aryl methyl sites for hydroxylation is 2. The van der Waals surface area contributed by atoms with Crippen LogP contribution < -0.4 is 5.73 Å². The molecule has 1 fully saturated rings. The van der Waals surface area contributed by atoms with Crippen molar-refractivity contribution in [2.24, 2.45) is 5.73 Å². The second-order valence-corrected chi connectivity index (χ2v) is 5.35. The van der Waals surface area contributed by atoms with Crippen molar-refractivity contribution in [2.45, 2.75) is 32.4 Å². The van der Waals surface area contributed by atoms with E-state index >= 15 is 0 Å². The van der Waals surface area contributed by atoms with Crippen molar-refractivity contribution in [2.75, 3.05) is 26.8 Å². The SMILES string of the molecule is COCCN1CCC(N)C1c1cc(C)cc(C)c1. The Morgan fingerprint density at radius 1 is 1.28 bits per heavy atom. The Labute approximate surface area is 110 Å². The first-order chi connectivity index (χ1) is 8.61. The molecule has 2 unspecified atom stereocenters. The van der Waals surface area contributed by atoms with Crippen molar-refractivity contribution >= 4 is 0 Å². The summed E-state index contributed by atoms with van der Waals surface area (Å²) in [7, 11) is 1.75. The van der Waals surface area contributed by atoms with E-state index in [2.05, 4.69) is 36.9 Å². The monoisotopic (exact) mass is 248 g/mol. The zero-order valence-corrected chi connectivity index (χ0v) is 11.6. The van der Waals surface area contributed by atoms with Crippen LogP contribution in [0.5, 0.6) is 0 Å². The fourth-order valence-electron chi connectivity index (χ4n) is 2.98.